The topological polar surface area (TPSA) is 66.5 Å². The standard InChI is InChI=1S/C25H25F3N2O3/c1-3-4-15-20(31)29-24(25(26,27)28)21(22(32)19-13-9-6-10-14-19)17(2)30(23(24)33)16-18-11-7-5-8-12-18/h5-14H,3-4,15-16H2,1-2H3,(H,29,31). The van der Waals surface area contributed by atoms with Gasteiger partial charge in [0.25, 0.3) is 5.91 Å². The monoisotopic (exact) mass is 458 g/mol. The maximum atomic E-state index is 14.7. The van der Waals surface area contributed by atoms with Gasteiger partial charge >= 0.3 is 6.18 Å². The predicted molar refractivity (Wildman–Crippen MR) is 117 cm³/mol. The summed E-state index contributed by atoms with van der Waals surface area (Å²) in [6.45, 7) is 2.94. The molecule has 0 fully saturated rings. The average Bonchev–Trinajstić information content (AvgIpc) is 3.00. The Kier molecular flexibility index (Phi) is 7.05. The van der Waals surface area contributed by atoms with Crippen molar-refractivity contribution in [2.75, 3.05) is 0 Å². The van der Waals surface area contributed by atoms with Crippen molar-refractivity contribution in [3.8, 4) is 0 Å². The molecule has 2 amide bonds. The zero-order chi connectivity index (χ0) is 24.2. The zero-order valence-corrected chi connectivity index (χ0v) is 18.4. The second kappa shape index (κ2) is 9.60. The SMILES string of the molecule is CCCCC(=O)NC1(C(F)(F)F)C(=O)N(Cc2ccccc2)C(C)=C1C(=O)c1ccccc1. The molecule has 174 valence electrons. The Morgan fingerprint density at radius 2 is 1.58 bits per heavy atom. The molecule has 33 heavy (non-hydrogen) atoms. The molecule has 1 heterocycles. The molecule has 2 aromatic rings. The summed E-state index contributed by atoms with van der Waals surface area (Å²) < 4.78 is 44.1. The number of rotatable bonds is 8. The number of amides is 2. The maximum absolute atomic E-state index is 14.7. The lowest BCUT2D eigenvalue weighted by Crippen LogP contribution is -2.66. The van der Waals surface area contributed by atoms with Crippen LogP contribution in [0.2, 0.25) is 0 Å². The molecule has 0 aliphatic carbocycles. The number of carbonyl (C=O) groups is 3. The number of carbonyl (C=O) groups excluding carboxylic acids is 3. The molecular weight excluding hydrogens is 433 g/mol. The largest absolute Gasteiger partial charge is 0.425 e. The Morgan fingerprint density at radius 1 is 1.00 bits per heavy atom. The van der Waals surface area contributed by atoms with E-state index in [-0.39, 0.29) is 24.2 Å². The molecule has 1 unspecified atom stereocenters. The lowest BCUT2D eigenvalue weighted by atomic mass is 9.84. The molecule has 0 saturated carbocycles. The first-order valence-corrected chi connectivity index (χ1v) is 10.7. The Balaban J connectivity index is 2.17. The van der Waals surface area contributed by atoms with Crippen molar-refractivity contribution in [3.63, 3.8) is 0 Å². The molecular formula is C25H25F3N2O3. The van der Waals surface area contributed by atoms with E-state index >= 15 is 0 Å². The number of ketones is 1. The summed E-state index contributed by atoms with van der Waals surface area (Å²) in [6, 6.07) is 15.9. The van der Waals surface area contributed by atoms with Gasteiger partial charge < -0.3 is 10.2 Å². The van der Waals surface area contributed by atoms with Gasteiger partial charge in [0.2, 0.25) is 11.4 Å². The van der Waals surface area contributed by atoms with E-state index in [1.807, 2.05) is 5.32 Å². The smallest absolute Gasteiger partial charge is 0.330 e. The van der Waals surface area contributed by atoms with Crippen LogP contribution in [0, 0.1) is 0 Å². The molecule has 1 N–H and O–H groups in total. The third-order valence-electron chi connectivity index (χ3n) is 5.66. The fourth-order valence-corrected chi connectivity index (χ4v) is 3.95. The van der Waals surface area contributed by atoms with Gasteiger partial charge in [-0.15, -0.1) is 0 Å². The van der Waals surface area contributed by atoms with Crippen LogP contribution in [-0.2, 0) is 16.1 Å². The number of alkyl halides is 3. The van der Waals surface area contributed by atoms with Crippen LogP contribution in [-0.4, -0.2) is 34.2 Å². The van der Waals surface area contributed by atoms with Gasteiger partial charge in [-0.1, -0.05) is 74.0 Å². The molecule has 1 aliphatic heterocycles. The highest BCUT2D eigenvalue weighted by Crippen LogP contribution is 2.46. The van der Waals surface area contributed by atoms with Crippen molar-refractivity contribution in [3.05, 3.63) is 83.1 Å². The molecule has 0 spiro atoms. The van der Waals surface area contributed by atoms with Crippen molar-refractivity contribution >= 4 is 17.6 Å². The highest BCUT2D eigenvalue weighted by molar-refractivity contribution is 6.18. The summed E-state index contributed by atoms with van der Waals surface area (Å²) in [4.78, 5) is 40.3. The van der Waals surface area contributed by atoms with E-state index in [0.717, 1.165) is 4.90 Å². The van der Waals surface area contributed by atoms with E-state index in [2.05, 4.69) is 0 Å². The molecule has 0 radical (unpaired) electrons. The number of allylic oxidation sites excluding steroid dienone is 1. The number of unbranched alkanes of at least 4 members (excludes halogenated alkanes) is 1. The molecule has 0 bridgehead atoms. The summed E-state index contributed by atoms with van der Waals surface area (Å²) in [7, 11) is 0. The van der Waals surface area contributed by atoms with Gasteiger partial charge in [-0.3, -0.25) is 14.4 Å². The minimum absolute atomic E-state index is 0.00218. The van der Waals surface area contributed by atoms with Crippen molar-refractivity contribution in [1.29, 1.82) is 0 Å². The van der Waals surface area contributed by atoms with Crippen LogP contribution in [0.15, 0.2) is 71.9 Å². The number of benzene rings is 2. The highest BCUT2D eigenvalue weighted by Gasteiger charge is 2.70. The molecule has 1 aliphatic rings. The fraction of sp³-hybridized carbons (Fsp3) is 0.320. The zero-order valence-electron chi connectivity index (χ0n) is 18.4. The normalized spacial score (nSPS) is 18.6. The molecule has 8 heteroatoms. The van der Waals surface area contributed by atoms with Crippen molar-refractivity contribution < 1.29 is 27.6 Å². The lowest BCUT2D eigenvalue weighted by molar-refractivity contribution is -0.193. The summed E-state index contributed by atoms with van der Waals surface area (Å²) in [5, 5.41) is 1.93. The first-order valence-electron chi connectivity index (χ1n) is 10.7. The van der Waals surface area contributed by atoms with Crippen molar-refractivity contribution in [1.82, 2.24) is 10.2 Å². The van der Waals surface area contributed by atoms with E-state index in [9.17, 15) is 27.6 Å². The third kappa shape index (κ3) is 4.55. The predicted octanol–water partition coefficient (Wildman–Crippen LogP) is 4.79. The van der Waals surface area contributed by atoms with Gasteiger partial charge in [0.05, 0.1) is 12.1 Å². The third-order valence-corrected chi connectivity index (χ3v) is 5.66. The summed E-state index contributed by atoms with van der Waals surface area (Å²) >= 11 is 0. The Hall–Kier alpha value is -3.42. The lowest BCUT2D eigenvalue weighted by Gasteiger charge is -2.33. The van der Waals surface area contributed by atoms with Gasteiger partial charge in [0, 0.05) is 17.7 Å². The van der Waals surface area contributed by atoms with Crippen LogP contribution < -0.4 is 5.32 Å². The molecule has 2 aromatic carbocycles. The number of hydrogen-bond donors (Lipinski definition) is 1. The van der Waals surface area contributed by atoms with Crippen LogP contribution in [0.5, 0.6) is 0 Å². The van der Waals surface area contributed by atoms with Crippen LogP contribution in [0.4, 0.5) is 13.2 Å². The highest BCUT2D eigenvalue weighted by atomic mass is 19.4. The van der Waals surface area contributed by atoms with E-state index in [4.69, 9.17) is 0 Å². The number of halogens is 3. The minimum Gasteiger partial charge on any atom is -0.330 e. The van der Waals surface area contributed by atoms with Gasteiger partial charge in [0.15, 0.2) is 5.78 Å². The number of hydrogen-bond acceptors (Lipinski definition) is 3. The summed E-state index contributed by atoms with van der Waals surface area (Å²) in [5.41, 5.74) is -3.77. The van der Waals surface area contributed by atoms with Crippen LogP contribution in [0.3, 0.4) is 0 Å². The van der Waals surface area contributed by atoms with Crippen LogP contribution in [0.25, 0.3) is 0 Å². The van der Waals surface area contributed by atoms with Crippen LogP contribution in [0.1, 0.15) is 49.0 Å². The Labute approximate surface area is 190 Å². The van der Waals surface area contributed by atoms with Gasteiger partial charge in [-0.2, -0.15) is 13.2 Å². The quantitative estimate of drug-likeness (QED) is 0.579. The van der Waals surface area contributed by atoms with Crippen molar-refractivity contribution in [2.45, 2.75) is 51.4 Å². The second-order valence-corrected chi connectivity index (χ2v) is 7.93. The fourth-order valence-electron chi connectivity index (χ4n) is 3.95. The van der Waals surface area contributed by atoms with E-state index in [1.165, 1.54) is 31.2 Å². The second-order valence-electron chi connectivity index (χ2n) is 7.93. The Bertz CT molecular complexity index is 1070. The van der Waals surface area contributed by atoms with Crippen molar-refractivity contribution in [2.24, 2.45) is 0 Å². The number of nitrogens with zero attached hydrogens (tertiary/aromatic N) is 1. The van der Waals surface area contributed by atoms with Crippen LogP contribution >= 0.6 is 0 Å². The average molecular weight is 458 g/mol. The number of Topliss-reactive ketones (excluding diaryl/α,β-unsaturated/α-hetero) is 1. The Morgan fingerprint density at radius 3 is 2.12 bits per heavy atom. The maximum Gasteiger partial charge on any atom is 0.425 e. The molecule has 0 aromatic heterocycles. The van der Waals surface area contributed by atoms with Gasteiger partial charge in [0.1, 0.15) is 0 Å². The van der Waals surface area contributed by atoms with E-state index < -0.39 is 34.9 Å². The summed E-state index contributed by atoms with van der Waals surface area (Å²) in [6.07, 6.45) is -4.48. The molecule has 0 saturated heterocycles. The van der Waals surface area contributed by atoms with E-state index in [0.29, 0.717) is 18.4 Å². The minimum atomic E-state index is -5.24. The summed E-state index contributed by atoms with van der Waals surface area (Å²) in [5.74, 6) is -3.28. The van der Waals surface area contributed by atoms with E-state index in [1.54, 1.807) is 43.3 Å². The van der Waals surface area contributed by atoms with Gasteiger partial charge in [-0.05, 0) is 18.9 Å². The number of nitrogens with one attached hydrogen (secondary N) is 1. The molecule has 5 nitrogen and oxygen atoms in total. The van der Waals surface area contributed by atoms with Gasteiger partial charge in [-0.25, -0.2) is 0 Å². The first kappa shape index (κ1) is 24.2. The first-order chi connectivity index (χ1) is 15.6. The molecule has 1 atom stereocenters. The molecule has 3 rings (SSSR count).